The maximum absolute atomic E-state index is 13.4. The van der Waals surface area contributed by atoms with Crippen LogP contribution in [0.4, 0.5) is 18.9 Å². The number of hydrogen-bond acceptors (Lipinski definition) is 5. The van der Waals surface area contributed by atoms with Gasteiger partial charge in [0.05, 0.1) is 18.6 Å². The van der Waals surface area contributed by atoms with Crippen LogP contribution in [0.25, 0.3) is 11.3 Å². The minimum absolute atomic E-state index is 0.0912. The highest BCUT2D eigenvalue weighted by Crippen LogP contribution is 2.32. The average Bonchev–Trinajstić information content (AvgIpc) is 2.78. The summed E-state index contributed by atoms with van der Waals surface area (Å²) in [5, 5.41) is -0.113. The van der Waals surface area contributed by atoms with Crippen LogP contribution in [-0.2, 0) is 11.0 Å². The van der Waals surface area contributed by atoms with Crippen LogP contribution in [0.2, 0.25) is 0 Å². The average molecular weight is 447 g/mol. The van der Waals surface area contributed by atoms with Crippen molar-refractivity contribution in [2.75, 3.05) is 24.3 Å². The van der Waals surface area contributed by atoms with E-state index < -0.39 is 11.9 Å². The van der Waals surface area contributed by atoms with Crippen molar-refractivity contribution in [2.45, 2.75) is 18.3 Å². The molecule has 0 fully saturated rings. The van der Waals surface area contributed by atoms with Gasteiger partial charge in [-0.25, -0.2) is 9.97 Å². The van der Waals surface area contributed by atoms with Crippen LogP contribution in [0.1, 0.15) is 12.6 Å². The first kappa shape index (κ1) is 22.6. The molecule has 1 amide bonds. The van der Waals surface area contributed by atoms with Gasteiger partial charge in [-0.15, -0.1) is 0 Å². The van der Waals surface area contributed by atoms with Crippen molar-refractivity contribution in [1.29, 1.82) is 0 Å². The lowest BCUT2D eigenvalue weighted by Crippen LogP contribution is -2.32. The normalized spacial score (nSPS) is 11.3. The molecule has 0 saturated heterocycles. The van der Waals surface area contributed by atoms with Gasteiger partial charge >= 0.3 is 6.18 Å². The first-order valence-electron chi connectivity index (χ1n) is 9.40. The Kier molecular flexibility index (Phi) is 7.17. The number of halogens is 3. The molecule has 0 N–H and O–H groups in total. The molecule has 9 heteroatoms. The minimum atomic E-state index is -4.64. The summed E-state index contributed by atoms with van der Waals surface area (Å²) in [6.45, 7) is 2.27. The van der Waals surface area contributed by atoms with E-state index in [-0.39, 0.29) is 22.5 Å². The number of benzene rings is 2. The highest BCUT2D eigenvalue weighted by molar-refractivity contribution is 7.99. The maximum atomic E-state index is 13.4. The second kappa shape index (κ2) is 9.82. The third-order valence-corrected chi connectivity index (χ3v) is 5.22. The molecule has 0 aliphatic carbocycles. The number of aromatic nitrogens is 2. The Labute approximate surface area is 182 Å². The smallest absolute Gasteiger partial charge is 0.433 e. The second-order valence-electron chi connectivity index (χ2n) is 6.41. The molecule has 3 rings (SSSR count). The molecule has 2 aromatic carbocycles. The van der Waals surface area contributed by atoms with Gasteiger partial charge in [-0.05, 0) is 49.4 Å². The summed E-state index contributed by atoms with van der Waals surface area (Å²) >= 11 is 0.876. The van der Waals surface area contributed by atoms with Crippen molar-refractivity contribution >= 4 is 23.4 Å². The summed E-state index contributed by atoms with van der Waals surface area (Å²) in [6, 6.07) is 16.5. The van der Waals surface area contributed by atoms with E-state index in [2.05, 4.69) is 9.97 Å². The highest BCUT2D eigenvalue weighted by Gasteiger charge is 2.34. The molecule has 1 aromatic heterocycles. The summed E-state index contributed by atoms with van der Waals surface area (Å²) in [7, 11) is 1.50. The molecule has 0 unspecified atom stereocenters. The van der Waals surface area contributed by atoms with Gasteiger partial charge in [0, 0.05) is 17.8 Å². The molecule has 0 aliphatic rings. The Morgan fingerprint density at radius 1 is 1.06 bits per heavy atom. The van der Waals surface area contributed by atoms with Crippen LogP contribution < -0.4 is 9.64 Å². The molecule has 0 aliphatic heterocycles. The van der Waals surface area contributed by atoms with Crippen molar-refractivity contribution in [2.24, 2.45) is 0 Å². The number of ether oxygens (including phenoxy) is 1. The first-order valence-corrected chi connectivity index (χ1v) is 10.4. The number of hydrogen-bond donors (Lipinski definition) is 0. The van der Waals surface area contributed by atoms with Crippen LogP contribution in [0.5, 0.6) is 5.75 Å². The lowest BCUT2D eigenvalue weighted by Gasteiger charge is -2.20. The van der Waals surface area contributed by atoms with Gasteiger partial charge in [0.1, 0.15) is 11.4 Å². The Hall–Kier alpha value is -3.07. The SMILES string of the molecule is CCN(C(=O)CSc1nc(-c2ccc(OC)cc2)cc(C(F)(F)F)n1)c1ccccc1. The van der Waals surface area contributed by atoms with Crippen molar-refractivity contribution in [3.05, 3.63) is 66.4 Å². The van der Waals surface area contributed by atoms with E-state index >= 15 is 0 Å². The van der Waals surface area contributed by atoms with Gasteiger partial charge in [-0.1, -0.05) is 30.0 Å². The number of nitrogens with zero attached hydrogens (tertiary/aromatic N) is 3. The van der Waals surface area contributed by atoms with Crippen LogP contribution in [0, 0.1) is 0 Å². The number of rotatable bonds is 7. The molecule has 162 valence electrons. The van der Waals surface area contributed by atoms with E-state index in [0.717, 1.165) is 23.5 Å². The Morgan fingerprint density at radius 2 is 1.74 bits per heavy atom. The zero-order valence-electron chi connectivity index (χ0n) is 16.9. The Morgan fingerprint density at radius 3 is 2.32 bits per heavy atom. The molecule has 31 heavy (non-hydrogen) atoms. The zero-order valence-corrected chi connectivity index (χ0v) is 17.7. The Bertz CT molecular complexity index is 1030. The van der Waals surface area contributed by atoms with Gasteiger partial charge in [0.15, 0.2) is 5.16 Å². The summed E-state index contributed by atoms with van der Waals surface area (Å²) in [4.78, 5) is 22.1. The van der Waals surface area contributed by atoms with Crippen LogP contribution in [0.3, 0.4) is 0 Å². The number of anilines is 1. The predicted molar refractivity (Wildman–Crippen MR) is 114 cm³/mol. The molecule has 0 bridgehead atoms. The first-order chi connectivity index (χ1) is 14.8. The number of thioether (sulfide) groups is 1. The number of para-hydroxylation sites is 1. The van der Waals surface area contributed by atoms with Gasteiger partial charge in [0.2, 0.25) is 5.91 Å². The predicted octanol–water partition coefficient (Wildman–Crippen LogP) is 5.32. The van der Waals surface area contributed by atoms with E-state index in [0.29, 0.717) is 17.9 Å². The number of amides is 1. The van der Waals surface area contributed by atoms with E-state index in [9.17, 15) is 18.0 Å². The molecule has 0 saturated carbocycles. The summed E-state index contributed by atoms with van der Waals surface area (Å²) in [6.07, 6.45) is -4.64. The Balaban J connectivity index is 1.85. The quantitative estimate of drug-likeness (QED) is 0.363. The van der Waals surface area contributed by atoms with Crippen LogP contribution >= 0.6 is 11.8 Å². The van der Waals surface area contributed by atoms with Crippen LogP contribution in [-0.4, -0.2) is 35.3 Å². The maximum Gasteiger partial charge on any atom is 0.433 e. The van der Waals surface area contributed by atoms with E-state index in [4.69, 9.17) is 4.74 Å². The summed E-state index contributed by atoms with van der Waals surface area (Å²) in [5.41, 5.74) is 0.273. The fourth-order valence-corrected chi connectivity index (χ4v) is 3.59. The number of carbonyl (C=O) groups is 1. The number of alkyl halides is 3. The van der Waals surface area contributed by atoms with E-state index in [1.165, 1.54) is 7.11 Å². The van der Waals surface area contributed by atoms with Crippen molar-refractivity contribution in [3.63, 3.8) is 0 Å². The van der Waals surface area contributed by atoms with Crippen molar-refractivity contribution < 1.29 is 22.7 Å². The number of carbonyl (C=O) groups excluding carboxylic acids is 1. The van der Waals surface area contributed by atoms with Crippen molar-refractivity contribution in [1.82, 2.24) is 9.97 Å². The van der Waals surface area contributed by atoms with Gasteiger partial charge in [-0.2, -0.15) is 13.2 Å². The third-order valence-electron chi connectivity index (χ3n) is 4.39. The molecular weight excluding hydrogens is 427 g/mol. The molecule has 0 radical (unpaired) electrons. The lowest BCUT2D eigenvalue weighted by molar-refractivity contribution is -0.141. The molecular formula is C22H20F3N3O2S. The van der Waals surface area contributed by atoms with E-state index in [1.54, 1.807) is 41.3 Å². The van der Waals surface area contributed by atoms with Crippen LogP contribution in [0.15, 0.2) is 65.8 Å². The molecule has 5 nitrogen and oxygen atoms in total. The monoisotopic (exact) mass is 447 g/mol. The molecule has 0 atom stereocenters. The van der Waals surface area contributed by atoms with Gasteiger partial charge in [-0.3, -0.25) is 4.79 Å². The largest absolute Gasteiger partial charge is 0.497 e. The summed E-state index contributed by atoms with van der Waals surface area (Å²) < 4.78 is 45.3. The van der Waals surface area contributed by atoms with Gasteiger partial charge < -0.3 is 9.64 Å². The standard InChI is InChI=1S/C22H20F3N3O2S/c1-3-28(16-7-5-4-6-8-16)20(29)14-31-21-26-18(13-19(27-21)22(23,24)25)15-9-11-17(30-2)12-10-15/h4-13H,3,14H2,1-2H3. The molecule has 0 spiro atoms. The van der Waals surface area contributed by atoms with E-state index in [1.807, 2.05) is 25.1 Å². The summed E-state index contributed by atoms with van der Waals surface area (Å²) in [5.74, 6) is 0.242. The fourth-order valence-electron chi connectivity index (χ4n) is 2.86. The third kappa shape index (κ3) is 5.75. The highest BCUT2D eigenvalue weighted by atomic mass is 32.2. The minimum Gasteiger partial charge on any atom is -0.497 e. The molecule has 1 heterocycles. The lowest BCUT2D eigenvalue weighted by atomic mass is 10.1. The molecule has 3 aromatic rings. The fraction of sp³-hybridized carbons (Fsp3) is 0.227. The van der Waals surface area contributed by atoms with Gasteiger partial charge in [0.25, 0.3) is 0 Å². The zero-order chi connectivity index (χ0) is 22.4. The van der Waals surface area contributed by atoms with Crippen molar-refractivity contribution in [3.8, 4) is 17.0 Å². The number of methoxy groups -OCH3 is 1. The second-order valence-corrected chi connectivity index (χ2v) is 7.35. The topological polar surface area (TPSA) is 55.3 Å².